The van der Waals surface area contributed by atoms with Crippen molar-refractivity contribution in [1.82, 2.24) is 10.2 Å². The van der Waals surface area contributed by atoms with Crippen LogP contribution >= 0.6 is 11.6 Å². The Hall–Kier alpha value is -2.47. The minimum atomic E-state index is -0.0148. The first-order chi connectivity index (χ1) is 13.6. The highest BCUT2D eigenvalue weighted by Crippen LogP contribution is 2.21. The molecule has 1 aromatic carbocycles. The highest BCUT2D eigenvalue weighted by Gasteiger charge is 2.21. The van der Waals surface area contributed by atoms with Gasteiger partial charge in [0.1, 0.15) is 5.76 Å². The van der Waals surface area contributed by atoms with Crippen molar-refractivity contribution in [2.45, 2.75) is 32.2 Å². The second-order valence-corrected chi connectivity index (χ2v) is 7.35. The number of amides is 2. The molecule has 0 aliphatic carbocycles. The number of piperazine rings is 1. The van der Waals surface area contributed by atoms with Crippen molar-refractivity contribution in [2.75, 3.05) is 31.1 Å². The van der Waals surface area contributed by atoms with E-state index in [1.807, 2.05) is 35.2 Å². The lowest BCUT2D eigenvalue weighted by Gasteiger charge is -2.36. The van der Waals surface area contributed by atoms with Crippen LogP contribution in [-0.4, -0.2) is 42.9 Å². The normalized spacial score (nSPS) is 14.2. The van der Waals surface area contributed by atoms with Gasteiger partial charge in [0, 0.05) is 49.7 Å². The van der Waals surface area contributed by atoms with Crippen LogP contribution in [0.3, 0.4) is 0 Å². The van der Waals surface area contributed by atoms with Crippen LogP contribution in [0.5, 0.6) is 0 Å². The zero-order valence-electron chi connectivity index (χ0n) is 15.9. The van der Waals surface area contributed by atoms with Gasteiger partial charge in [-0.2, -0.15) is 0 Å². The van der Waals surface area contributed by atoms with Crippen molar-refractivity contribution < 1.29 is 14.0 Å². The van der Waals surface area contributed by atoms with Gasteiger partial charge in [-0.15, -0.1) is 0 Å². The molecule has 1 N–H and O–H groups in total. The molecule has 2 aromatic rings. The summed E-state index contributed by atoms with van der Waals surface area (Å²) in [6, 6.07) is 11.4. The van der Waals surface area contributed by atoms with Gasteiger partial charge in [-0.25, -0.2) is 0 Å². The lowest BCUT2D eigenvalue weighted by Crippen LogP contribution is -2.48. The quantitative estimate of drug-likeness (QED) is 0.685. The Bertz CT molecular complexity index is 771. The van der Waals surface area contributed by atoms with Crippen molar-refractivity contribution in [3.8, 4) is 0 Å². The minimum Gasteiger partial charge on any atom is -0.467 e. The van der Waals surface area contributed by atoms with Gasteiger partial charge in [-0.1, -0.05) is 17.7 Å². The number of carbonyl (C=O) groups excluding carboxylic acids is 2. The van der Waals surface area contributed by atoms with Crippen molar-refractivity contribution in [3.05, 3.63) is 53.4 Å². The van der Waals surface area contributed by atoms with Crippen LogP contribution in [0.25, 0.3) is 0 Å². The smallest absolute Gasteiger partial charge is 0.222 e. The zero-order chi connectivity index (χ0) is 19.8. The van der Waals surface area contributed by atoms with Crippen LogP contribution in [-0.2, 0) is 16.1 Å². The second kappa shape index (κ2) is 10.2. The fourth-order valence-corrected chi connectivity index (χ4v) is 3.48. The summed E-state index contributed by atoms with van der Waals surface area (Å²) in [4.78, 5) is 28.4. The number of anilines is 1. The Morgan fingerprint density at radius 3 is 2.54 bits per heavy atom. The number of unbranched alkanes of at least 4 members (excludes halogenated alkanes) is 1. The summed E-state index contributed by atoms with van der Waals surface area (Å²) in [5.74, 6) is 0.890. The van der Waals surface area contributed by atoms with E-state index >= 15 is 0 Å². The number of halogens is 1. The summed E-state index contributed by atoms with van der Waals surface area (Å²) < 4.78 is 5.17. The highest BCUT2D eigenvalue weighted by atomic mass is 35.5. The van der Waals surface area contributed by atoms with E-state index in [0.29, 0.717) is 25.8 Å². The van der Waals surface area contributed by atoms with E-state index in [1.165, 1.54) is 0 Å². The van der Waals surface area contributed by atoms with E-state index in [2.05, 4.69) is 10.2 Å². The van der Waals surface area contributed by atoms with E-state index in [1.54, 1.807) is 12.3 Å². The topological polar surface area (TPSA) is 65.8 Å². The van der Waals surface area contributed by atoms with Gasteiger partial charge in [-0.3, -0.25) is 9.59 Å². The summed E-state index contributed by atoms with van der Waals surface area (Å²) in [5.41, 5.74) is 1.10. The van der Waals surface area contributed by atoms with Crippen LogP contribution in [0.4, 0.5) is 5.69 Å². The van der Waals surface area contributed by atoms with Crippen LogP contribution in [0, 0.1) is 0 Å². The van der Waals surface area contributed by atoms with Crippen molar-refractivity contribution in [2.24, 2.45) is 0 Å². The van der Waals surface area contributed by atoms with E-state index in [0.717, 1.165) is 49.1 Å². The number of nitrogens with zero attached hydrogens (tertiary/aromatic N) is 2. The summed E-state index contributed by atoms with van der Waals surface area (Å²) >= 11 is 6.06. The molecule has 2 amide bonds. The third kappa shape index (κ3) is 6.02. The van der Waals surface area contributed by atoms with E-state index < -0.39 is 0 Å². The van der Waals surface area contributed by atoms with E-state index in [9.17, 15) is 9.59 Å². The SMILES string of the molecule is O=C(CCCCC(=O)N1CCN(c2cccc(Cl)c2)CC1)NCc1ccco1. The lowest BCUT2D eigenvalue weighted by atomic mass is 10.1. The third-order valence-electron chi connectivity index (χ3n) is 4.89. The zero-order valence-corrected chi connectivity index (χ0v) is 16.7. The maximum atomic E-state index is 12.4. The number of nitrogens with one attached hydrogen (secondary N) is 1. The molecule has 1 saturated heterocycles. The van der Waals surface area contributed by atoms with Crippen molar-refractivity contribution in [1.29, 1.82) is 0 Å². The molecule has 0 radical (unpaired) electrons. The van der Waals surface area contributed by atoms with E-state index in [4.69, 9.17) is 16.0 Å². The van der Waals surface area contributed by atoms with Gasteiger partial charge >= 0.3 is 0 Å². The molecule has 1 aliphatic heterocycles. The summed E-state index contributed by atoms with van der Waals surface area (Å²) in [6.07, 6.45) is 3.93. The number of hydrogen-bond donors (Lipinski definition) is 1. The third-order valence-corrected chi connectivity index (χ3v) is 5.13. The van der Waals surface area contributed by atoms with Crippen molar-refractivity contribution >= 4 is 29.1 Å². The first-order valence-electron chi connectivity index (χ1n) is 9.69. The molecule has 150 valence electrons. The molecule has 1 fully saturated rings. The molecule has 0 bridgehead atoms. The summed E-state index contributed by atoms with van der Waals surface area (Å²) in [6.45, 7) is 3.45. The predicted octanol–water partition coefficient (Wildman–Crippen LogP) is 3.46. The number of benzene rings is 1. The molecule has 28 heavy (non-hydrogen) atoms. The lowest BCUT2D eigenvalue weighted by molar-refractivity contribution is -0.131. The number of hydrogen-bond acceptors (Lipinski definition) is 4. The van der Waals surface area contributed by atoms with Gasteiger partial charge in [0.25, 0.3) is 0 Å². The van der Waals surface area contributed by atoms with Crippen LogP contribution < -0.4 is 10.2 Å². The minimum absolute atomic E-state index is 0.0148. The predicted molar refractivity (Wildman–Crippen MR) is 109 cm³/mol. The molecule has 0 saturated carbocycles. The molecule has 1 aromatic heterocycles. The molecule has 3 rings (SSSR count). The second-order valence-electron chi connectivity index (χ2n) is 6.91. The largest absolute Gasteiger partial charge is 0.467 e. The number of furan rings is 1. The van der Waals surface area contributed by atoms with Crippen molar-refractivity contribution in [3.63, 3.8) is 0 Å². The van der Waals surface area contributed by atoms with Gasteiger partial charge in [0.15, 0.2) is 0 Å². The Morgan fingerprint density at radius 1 is 1.04 bits per heavy atom. The summed E-state index contributed by atoms with van der Waals surface area (Å²) in [7, 11) is 0. The molecule has 6 nitrogen and oxygen atoms in total. The number of rotatable bonds is 8. The maximum Gasteiger partial charge on any atom is 0.222 e. The molecule has 0 unspecified atom stereocenters. The molecule has 7 heteroatoms. The maximum absolute atomic E-state index is 12.4. The number of carbonyl (C=O) groups is 2. The molecule has 1 aliphatic rings. The molecule has 0 atom stereocenters. The Balaban J connectivity index is 1.30. The van der Waals surface area contributed by atoms with E-state index in [-0.39, 0.29) is 11.8 Å². The van der Waals surface area contributed by atoms with Crippen LogP contribution in [0.2, 0.25) is 5.02 Å². The first-order valence-corrected chi connectivity index (χ1v) is 10.1. The average Bonchev–Trinajstić information content (AvgIpc) is 3.23. The standard InChI is InChI=1S/C21H26ClN3O3/c22-17-5-3-6-18(15-17)24-10-12-25(13-11-24)21(27)9-2-1-8-20(26)23-16-19-7-4-14-28-19/h3-7,14-15H,1-2,8-13,16H2,(H,23,26). The molecular formula is C21H26ClN3O3. The molecule has 0 spiro atoms. The van der Waals surface area contributed by atoms with Gasteiger partial charge < -0.3 is 19.5 Å². The Morgan fingerprint density at radius 2 is 1.82 bits per heavy atom. The first kappa shape index (κ1) is 20.3. The van der Waals surface area contributed by atoms with Gasteiger partial charge in [0.05, 0.1) is 12.8 Å². The van der Waals surface area contributed by atoms with Crippen LogP contribution in [0.1, 0.15) is 31.4 Å². The Labute approximate surface area is 170 Å². The molecular weight excluding hydrogens is 378 g/mol. The van der Waals surface area contributed by atoms with Crippen LogP contribution in [0.15, 0.2) is 47.1 Å². The fraction of sp³-hybridized carbons (Fsp3) is 0.429. The fourth-order valence-electron chi connectivity index (χ4n) is 3.29. The van der Waals surface area contributed by atoms with Gasteiger partial charge in [-0.05, 0) is 43.2 Å². The monoisotopic (exact) mass is 403 g/mol. The average molecular weight is 404 g/mol. The summed E-state index contributed by atoms with van der Waals surface area (Å²) in [5, 5.41) is 3.54. The van der Waals surface area contributed by atoms with Gasteiger partial charge in [0.2, 0.25) is 11.8 Å². The Kier molecular flexibility index (Phi) is 7.37. The molecule has 2 heterocycles. The highest BCUT2D eigenvalue weighted by molar-refractivity contribution is 6.30.